The van der Waals surface area contributed by atoms with E-state index in [1.54, 1.807) is 6.20 Å². The van der Waals surface area contributed by atoms with Gasteiger partial charge in [-0.25, -0.2) is 4.98 Å². The van der Waals surface area contributed by atoms with E-state index in [0.717, 1.165) is 18.4 Å². The molecular weight excluding hydrogens is 198 g/mol. The Morgan fingerprint density at radius 3 is 2.88 bits per heavy atom. The van der Waals surface area contributed by atoms with E-state index in [9.17, 15) is 0 Å². The second-order valence-electron chi connectivity index (χ2n) is 4.20. The number of anilines is 1. The van der Waals surface area contributed by atoms with Crippen LogP contribution in [0.1, 0.15) is 18.4 Å². The third-order valence-corrected chi connectivity index (χ3v) is 2.78. The largest absolute Gasteiger partial charge is 0.384 e. The summed E-state index contributed by atoms with van der Waals surface area (Å²) in [5.41, 5.74) is 9.43. The van der Waals surface area contributed by atoms with Crippen molar-refractivity contribution >= 4 is 11.4 Å². The molecule has 0 fully saturated rings. The highest BCUT2D eigenvalue weighted by atomic mass is 15.1. The van der Waals surface area contributed by atoms with Gasteiger partial charge in [-0.05, 0) is 42.2 Å². The van der Waals surface area contributed by atoms with E-state index in [2.05, 4.69) is 36.1 Å². The van der Waals surface area contributed by atoms with E-state index < -0.39 is 0 Å². The summed E-state index contributed by atoms with van der Waals surface area (Å²) in [6.45, 7) is 0. The molecule has 84 valence electrons. The Balaban J connectivity index is 2.32. The average Bonchev–Trinajstić information content (AvgIpc) is 2.29. The Kier molecular flexibility index (Phi) is 2.95. The molecule has 0 atom stereocenters. The van der Waals surface area contributed by atoms with Crippen molar-refractivity contribution in [2.45, 2.75) is 12.8 Å². The molecule has 0 aromatic carbocycles. The zero-order chi connectivity index (χ0) is 11.5. The SMILES string of the molecule is CN(C)C1=CC(c2ccnc(N)c2)=CCC1. The number of allylic oxidation sites excluding steroid dienone is 4. The first-order valence-corrected chi connectivity index (χ1v) is 5.47. The molecule has 2 N–H and O–H groups in total. The molecular formula is C13H17N3. The number of aromatic nitrogens is 1. The molecule has 2 rings (SSSR count). The van der Waals surface area contributed by atoms with Crippen LogP contribution in [0, 0.1) is 0 Å². The van der Waals surface area contributed by atoms with Crippen LogP contribution in [-0.4, -0.2) is 24.0 Å². The van der Waals surface area contributed by atoms with Gasteiger partial charge >= 0.3 is 0 Å². The molecule has 0 radical (unpaired) electrons. The highest BCUT2D eigenvalue weighted by molar-refractivity contribution is 5.76. The normalized spacial score (nSPS) is 15.4. The number of nitrogen functional groups attached to an aromatic ring is 1. The maximum atomic E-state index is 5.69. The molecule has 0 amide bonds. The van der Waals surface area contributed by atoms with Gasteiger partial charge in [0.2, 0.25) is 0 Å². The van der Waals surface area contributed by atoms with Crippen molar-refractivity contribution in [1.29, 1.82) is 0 Å². The third kappa shape index (κ3) is 2.24. The summed E-state index contributed by atoms with van der Waals surface area (Å²) in [5, 5.41) is 0. The summed E-state index contributed by atoms with van der Waals surface area (Å²) in [7, 11) is 4.16. The molecule has 3 nitrogen and oxygen atoms in total. The number of nitrogens with zero attached hydrogens (tertiary/aromatic N) is 2. The van der Waals surface area contributed by atoms with E-state index in [1.807, 2.05) is 12.1 Å². The van der Waals surface area contributed by atoms with Crippen LogP contribution < -0.4 is 5.73 Å². The van der Waals surface area contributed by atoms with Gasteiger partial charge in [0.25, 0.3) is 0 Å². The van der Waals surface area contributed by atoms with Crippen LogP contribution in [0.25, 0.3) is 5.57 Å². The summed E-state index contributed by atoms with van der Waals surface area (Å²) in [4.78, 5) is 6.17. The molecule has 0 saturated heterocycles. The lowest BCUT2D eigenvalue weighted by Gasteiger charge is -2.21. The van der Waals surface area contributed by atoms with E-state index >= 15 is 0 Å². The highest BCUT2D eigenvalue weighted by Gasteiger charge is 2.08. The van der Waals surface area contributed by atoms with Gasteiger partial charge in [-0.3, -0.25) is 0 Å². The van der Waals surface area contributed by atoms with Crippen LogP contribution in [0.3, 0.4) is 0 Å². The zero-order valence-electron chi connectivity index (χ0n) is 9.77. The van der Waals surface area contributed by atoms with E-state index in [4.69, 9.17) is 5.73 Å². The van der Waals surface area contributed by atoms with Crippen LogP contribution in [0.2, 0.25) is 0 Å². The molecule has 1 heterocycles. The Morgan fingerprint density at radius 2 is 2.19 bits per heavy atom. The number of rotatable bonds is 2. The molecule has 0 bridgehead atoms. The van der Waals surface area contributed by atoms with Crippen LogP contribution in [0.4, 0.5) is 5.82 Å². The molecule has 0 spiro atoms. The molecule has 1 aliphatic carbocycles. The van der Waals surface area contributed by atoms with Crippen LogP contribution in [0.5, 0.6) is 0 Å². The van der Waals surface area contributed by atoms with Gasteiger partial charge in [0.05, 0.1) is 0 Å². The lowest BCUT2D eigenvalue weighted by molar-refractivity contribution is 0.487. The van der Waals surface area contributed by atoms with E-state index in [1.165, 1.54) is 11.3 Å². The monoisotopic (exact) mass is 215 g/mol. The fraction of sp³-hybridized carbons (Fsp3) is 0.308. The summed E-state index contributed by atoms with van der Waals surface area (Å²) in [6.07, 6.45) is 8.42. The van der Waals surface area contributed by atoms with E-state index in [0.29, 0.717) is 5.82 Å². The molecule has 1 aliphatic rings. The number of hydrogen-bond donors (Lipinski definition) is 1. The molecule has 0 unspecified atom stereocenters. The summed E-state index contributed by atoms with van der Waals surface area (Å²) >= 11 is 0. The Labute approximate surface area is 96.3 Å². The quantitative estimate of drug-likeness (QED) is 0.823. The van der Waals surface area contributed by atoms with Gasteiger partial charge in [0.15, 0.2) is 0 Å². The third-order valence-electron chi connectivity index (χ3n) is 2.78. The predicted molar refractivity (Wildman–Crippen MR) is 67.6 cm³/mol. The van der Waals surface area contributed by atoms with Gasteiger partial charge in [-0.2, -0.15) is 0 Å². The average molecular weight is 215 g/mol. The van der Waals surface area contributed by atoms with Crippen molar-refractivity contribution in [3.8, 4) is 0 Å². The second-order valence-corrected chi connectivity index (χ2v) is 4.20. The van der Waals surface area contributed by atoms with Crippen molar-refractivity contribution in [3.63, 3.8) is 0 Å². The minimum atomic E-state index is 0.573. The first kappa shape index (κ1) is 10.7. The lowest BCUT2D eigenvalue weighted by Crippen LogP contribution is -2.12. The fourth-order valence-corrected chi connectivity index (χ4v) is 1.87. The summed E-state index contributed by atoms with van der Waals surface area (Å²) in [5.74, 6) is 0.573. The Bertz CT molecular complexity index is 444. The standard InChI is InChI=1S/C13H17N3/c1-16(2)12-5-3-4-10(8-12)11-6-7-15-13(14)9-11/h4,6-9H,3,5H2,1-2H3,(H2,14,15). The summed E-state index contributed by atoms with van der Waals surface area (Å²) < 4.78 is 0. The second kappa shape index (κ2) is 4.39. The molecule has 1 aromatic rings. The van der Waals surface area contributed by atoms with Crippen molar-refractivity contribution < 1.29 is 0 Å². The lowest BCUT2D eigenvalue weighted by atomic mass is 9.98. The fourth-order valence-electron chi connectivity index (χ4n) is 1.87. The Morgan fingerprint density at radius 1 is 1.38 bits per heavy atom. The maximum absolute atomic E-state index is 5.69. The van der Waals surface area contributed by atoms with Gasteiger partial charge in [0, 0.05) is 26.0 Å². The zero-order valence-corrected chi connectivity index (χ0v) is 9.77. The first-order valence-electron chi connectivity index (χ1n) is 5.47. The van der Waals surface area contributed by atoms with Crippen molar-refractivity contribution in [3.05, 3.63) is 41.7 Å². The molecule has 3 heteroatoms. The topological polar surface area (TPSA) is 42.2 Å². The van der Waals surface area contributed by atoms with Crippen LogP contribution >= 0.6 is 0 Å². The minimum Gasteiger partial charge on any atom is -0.384 e. The maximum Gasteiger partial charge on any atom is 0.123 e. The number of hydrogen-bond acceptors (Lipinski definition) is 3. The highest BCUT2D eigenvalue weighted by Crippen LogP contribution is 2.26. The molecule has 1 aromatic heterocycles. The van der Waals surface area contributed by atoms with Crippen LogP contribution in [-0.2, 0) is 0 Å². The number of pyridine rings is 1. The van der Waals surface area contributed by atoms with Crippen molar-refractivity contribution in [2.75, 3.05) is 19.8 Å². The molecule has 16 heavy (non-hydrogen) atoms. The molecule has 0 aliphatic heterocycles. The van der Waals surface area contributed by atoms with Gasteiger partial charge in [0.1, 0.15) is 5.82 Å². The Hall–Kier alpha value is -1.77. The molecule has 0 saturated carbocycles. The van der Waals surface area contributed by atoms with Gasteiger partial charge < -0.3 is 10.6 Å². The first-order chi connectivity index (χ1) is 7.66. The van der Waals surface area contributed by atoms with Gasteiger partial charge in [-0.1, -0.05) is 6.08 Å². The summed E-state index contributed by atoms with van der Waals surface area (Å²) in [6, 6.07) is 3.91. The number of nitrogens with two attached hydrogens (primary N) is 1. The van der Waals surface area contributed by atoms with Crippen molar-refractivity contribution in [1.82, 2.24) is 9.88 Å². The van der Waals surface area contributed by atoms with Crippen molar-refractivity contribution in [2.24, 2.45) is 0 Å². The smallest absolute Gasteiger partial charge is 0.123 e. The van der Waals surface area contributed by atoms with Crippen LogP contribution in [0.15, 0.2) is 36.2 Å². The predicted octanol–water partition coefficient (Wildman–Crippen LogP) is 2.29. The minimum absolute atomic E-state index is 0.573. The van der Waals surface area contributed by atoms with Gasteiger partial charge in [-0.15, -0.1) is 0 Å². The van der Waals surface area contributed by atoms with E-state index in [-0.39, 0.29) is 0 Å².